The Kier molecular flexibility index (Phi) is 2.60. The van der Waals surface area contributed by atoms with E-state index in [9.17, 15) is 4.79 Å². The van der Waals surface area contributed by atoms with E-state index in [1.54, 1.807) is 36.8 Å². The quantitative estimate of drug-likeness (QED) is 0.725. The number of aromatic nitrogens is 3. The third-order valence-corrected chi connectivity index (χ3v) is 2.72. The van der Waals surface area contributed by atoms with Crippen LogP contribution in [0.1, 0.15) is 0 Å². The molecule has 6 nitrogen and oxygen atoms in total. The first-order valence-corrected chi connectivity index (χ1v) is 5.60. The Hall–Kier alpha value is -2.89. The lowest BCUT2D eigenvalue weighted by Gasteiger charge is -2.01. The van der Waals surface area contributed by atoms with Crippen molar-refractivity contribution in [3.63, 3.8) is 0 Å². The highest BCUT2D eigenvalue weighted by atomic mass is 16.5. The van der Waals surface area contributed by atoms with Crippen LogP contribution in [0.4, 0.5) is 5.82 Å². The van der Waals surface area contributed by atoms with Crippen molar-refractivity contribution >= 4 is 5.82 Å². The monoisotopic (exact) mass is 254 g/mol. The summed E-state index contributed by atoms with van der Waals surface area (Å²) < 4.78 is 5.24. The van der Waals surface area contributed by atoms with Gasteiger partial charge in [0.05, 0.1) is 5.56 Å². The summed E-state index contributed by atoms with van der Waals surface area (Å²) in [5.74, 6) is 0.747. The molecule has 0 radical (unpaired) electrons. The molecule has 0 spiro atoms. The van der Waals surface area contributed by atoms with Gasteiger partial charge in [0.2, 0.25) is 5.56 Å². The molecule has 0 unspecified atom stereocenters. The number of nitrogen functional groups attached to an aromatic ring is 1. The molecule has 0 saturated heterocycles. The lowest BCUT2D eigenvalue weighted by molar-refractivity contribution is 0.436. The van der Waals surface area contributed by atoms with E-state index >= 15 is 0 Å². The molecule has 3 N–H and O–H groups in total. The van der Waals surface area contributed by atoms with E-state index in [0.29, 0.717) is 16.9 Å². The number of nitrogens with zero attached hydrogens (tertiary/aromatic N) is 2. The summed E-state index contributed by atoms with van der Waals surface area (Å²) >= 11 is 0. The van der Waals surface area contributed by atoms with Gasteiger partial charge in [-0.3, -0.25) is 9.78 Å². The average Bonchev–Trinajstić information content (AvgIpc) is 2.82. The maximum atomic E-state index is 11.4. The van der Waals surface area contributed by atoms with Gasteiger partial charge in [-0.15, -0.1) is 0 Å². The fourth-order valence-corrected chi connectivity index (χ4v) is 1.88. The SMILES string of the molecule is Nc1noc(-c2cc[nH]c(=O)c2)c1-c1ccncc1. The number of nitrogens with one attached hydrogen (secondary N) is 1. The number of pyridine rings is 2. The second-order valence-corrected chi connectivity index (χ2v) is 3.95. The molecule has 0 atom stereocenters. The third kappa shape index (κ3) is 1.99. The molecule has 3 heterocycles. The maximum absolute atomic E-state index is 11.4. The Morgan fingerprint density at radius 3 is 2.68 bits per heavy atom. The average molecular weight is 254 g/mol. The minimum atomic E-state index is -0.215. The number of aromatic amines is 1. The zero-order chi connectivity index (χ0) is 13.2. The van der Waals surface area contributed by atoms with Crippen LogP contribution in [0.15, 0.2) is 52.2 Å². The normalized spacial score (nSPS) is 10.5. The molecule has 0 aliphatic carbocycles. The van der Waals surface area contributed by atoms with Crippen molar-refractivity contribution in [3.05, 3.63) is 53.2 Å². The zero-order valence-electron chi connectivity index (χ0n) is 9.83. The topological polar surface area (TPSA) is 97.8 Å². The van der Waals surface area contributed by atoms with Crippen LogP contribution in [0.5, 0.6) is 0 Å². The van der Waals surface area contributed by atoms with E-state index in [1.165, 1.54) is 6.07 Å². The summed E-state index contributed by atoms with van der Waals surface area (Å²) in [7, 11) is 0. The van der Waals surface area contributed by atoms with Crippen molar-refractivity contribution < 1.29 is 4.52 Å². The molecule has 0 aliphatic heterocycles. The Morgan fingerprint density at radius 2 is 1.95 bits per heavy atom. The fraction of sp³-hybridized carbons (Fsp3) is 0. The van der Waals surface area contributed by atoms with Crippen molar-refractivity contribution in [2.75, 3.05) is 5.73 Å². The van der Waals surface area contributed by atoms with Crippen LogP contribution in [-0.4, -0.2) is 15.1 Å². The lowest BCUT2D eigenvalue weighted by atomic mass is 10.0. The molecule has 6 heteroatoms. The Labute approximate surface area is 107 Å². The van der Waals surface area contributed by atoms with Gasteiger partial charge in [-0.25, -0.2) is 0 Å². The van der Waals surface area contributed by atoms with E-state index < -0.39 is 0 Å². The lowest BCUT2D eigenvalue weighted by Crippen LogP contribution is -2.02. The van der Waals surface area contributed by atoms with E-state index in [0.717, 1.165) is 5.56 Å². The van der Waals surface area contributed by atoms with Crippen LogP contribution in [-0.2, 0) is 0 Å². The molecule has 0 amide bonds. The van der Waals surface area contributed by atoms with Gasteiger partial charge < -0.3 is 15.2 Å². The Bertz CT molecular complexity index is 762. The first kappa shape index (κ1) is 11.2. The number of hydrogen-bond acceptors (Lipinski definition) is 5. The molecule has 0 saturated carbocycles. The van der Waals surface area contributed by atoms with Gasteiger partial charge in [-0.05, 0) is 23.8 Å². The molecule has 0 aromatic carbocycles. The molecule has 3 rings (SSSR count). The second kappa shape index (κ2) is 4.41. The van der Waals surface area contributed by atoms with Crippen molar-refractivity contribution in [1.29, 1.82) is 0 Å². The van der Waals surface area contributed by atoms with Crippen LogP contribution in [0.2, 0.25) is 0 Å². The predicted octanol–water partition coefficient (Wildman–Crippen LogP) is 1.67. The Morgan fingerprint density at radius 1 is 1.16 bits per heavy atom. The van der Waals surface area contributed by atoms with Gasteiger partial charge >= 0.3 is 0 Å². The van der Waals surface area contributed by atoms with Gasteiger partial charge in [0, 0.05) is 30.2 Å². The second-order valence-electron chi connectivity index (χ2n) is 3.95. The van der Waals surface area contributed by atoms with E-state index in [2.05, 4.69) is 15.1 Å². The maximum Gasteiger partial charge on any atom is 0.248 e. The number of H-pyrrole nitrogens is 1. The van der Waals surface area contributed by atoms with Crippen LogP contribution in [0.25, 0.3) is 22.5 Å². The van der Waals surface area contributed by atoms with Crippen LogP contribution >= 0.6 is 0 Å². The van der Waals surface area contributed by atoms with Crippen molar-refractivity contribution in [2.24, 2.45) is 0 Å². The largest absolute Gasteiger partial charge is 0.380 e. The zero-order valence-corrected chi connectivity index (χ0v) is 9.83. The minimum Gasteiger partial charge on any atom is -0.380 e. The highest BCUT2D eigenvalue weighted by Crippen LogP contribution is 2.35. The van der Waals surface area contributed by atoms with Gasteiger partial charge in [0.1, 0.15) is 0 Å². The highest BCUT2D eigenvalue weighted by Gasteiger charge is 2.17. The molecule has 19 heavy (non-hydrogen) atoms. The summed E-state index contributed by atoms with van der Waals surface area (Å²) in [6.45, 7) is 0. The van der Waals surface area contributed by atoms with Crippen LogP contribution in [0.3, 0.4) is 0 Å². The molecule has 0 aliphatic rings. The van der Waals surface area contributed by atoms with Gasteiger partial charge in [0.25, 0.3) is 0 Å². The molecule has 3 aromatic heterocycles. The summed E-state index contributed by atoms with van der Waals surface area (Å²) in [5, 5.41) is 3.77. The third-order valence-electron chi connectivity index (χ3n) is 2.72. The predicted molar refractivity (Wildman–Crippen MR) is 70.2 cm³/mol. The number of rotatable bonds is 2. The molecule has 0 bridgehead atoms. The number of hydrogen-bond donors (Lipinski definition) is 2. The Balaban J connectivity index is 2.22. The standard InChI is InChI=1S/C13H10N4O2/c14-13-11(8-1-4-15-5-2-8)12(19-17-13)9-3-6-16-10(18)7-9/h1-7H,(H2,14,17)(H,16,18). The first-order valence-electron chi connectivity index (χ1n) is 5.60. The molecular weight excluding hydrogens is 244 g/mol. The summed E-state index contributed by atoms with van der Waals surface area (Å²) in [6.07, 6.45) is 4.86. The summed E-state index contributed by atoms with van der Waals surface area (Å²) in [4.78, 5) is 17.9. The van der Waals surface area contributed by atoms with Gasteiger partial charge in [-0.2, -0.15) is 0 Å². The molecule has 0 fully saturated rings. The van der Waals surface area contributed by atoms with Crippen molar-refractivity contribution in [2.45, 2.75) is 0 Å². The van der Waals surface area contributed by atoms with Gasteiger partial charge in [-0.1, -0.05) is 5.16 Å². The summed E-state index contributed by atoms with van der Waals surface area (Å²) in [6, 6.07) is 6.77. The minimum absolute atomic E-state index is 0.215. The first-order chi connectivity index (χ1) is 9.25. The number of anilines is 1. The number of nitrogens with two attached hydrogens (primary N) is 1. The summed E-state index contributed by atoms with van der Waals surface area (Å²) in [5.41, 5.74) is 7.74. The van der Waals surface area contributed by atoms with E-state index in [4.69, 9.17) is 10.3 Å². The van der Waals surface area contributed by atoms with Gasteiger partial charge in [0.15, 0.2) is 11.6 Å². The van der Waals surface area contributed by atoms with Crippen molar-refractivity contribution in [1.82, 2.24) is 15.1 Å². The van der Waals surface area contributed by atoms with E-state index in [1.807, 2.05) is 0 Å². The molecule has 3 aromatic rings. The fourth-order valence-electron chi connectivity index (χ4n) is 1.88. The van der Waals surface area contributed by atoms with Crippen molar-refractivity contribution in [3.8, 4) is 22.5 Å². The van der Waals surface area contributed by atoms with Crippen LogP contribution < -0.4 is 11.3 Å². The van der Waals surface area contributed by atoms with E-state index in [-0.39, 0.29) is 11.4 Å². The highest BCUT2D eigenvalue weighted by molar-refractivity contribution is 5.86. The smallest absolute Gasteiger partial charge is 0.248 e. The molecular formula is C13H10N4O2. The molecule has 94 valence electrons. The van der Waals surface area contributed by atoms with Crippen LogP contribution in [0, 0.1) is 0 Å².